The number of ether oxygens (including phenoxy) is 1. The van der Waals surface area contributed by atoms with Crippen LogP contribution in [0, 0.1) is 10.8 Å². The van der Waals surface area contributed by atoms with Crippen molar-refractivity contribution in [3.8, 4) is 5.75 Å². The summed E-state index contributed by atoms with van der Waals surface area (Å²) < 4.78 is 6.10. The van der Waals surface area contributed by atoms with Gasteiger partial charge >= 0.3 is 11.8 Å². The highest BCUT2D eigenvalue weighted by Crippen LogP contribution is 2.26. The van der Waals surface area contributed by atoms with Crippen LogP contribution >= 0.6 is 24.8 Å². The Morgan fingerprint density at radius 1 is 0.947 bits per heavy atom. The Labute approximate surface area is 233 Å². The molecule has 202 valence electrons. The van der Waals surface area contributed by atoms with Crippen molar-refractivity contribution in [2.75, 3.05) is 18.0 Å². The lowest BCUT2D eigenvalue weighted by Gasteiger charge is -2.32. The number of nitrogens with zero attached hydrogens (tertiary/aromatic N) is 2. The third kappa shape index (κ3) is 7.14. The summed E-state index contributed by atoms with van der Waals surface area (Å²) in [5, 5.41) is 17.3. The Kier molecular flexibility index (Phi) is 10.5. The molecule has 0 radical (unpaired) electrons. The molecule has 11 heteroatoms. The van der Waals surface area contributed by atoms with Crippen molar-refractivity contribution in [3.05, 3.63) is 71.8 Å². The summed E-state index contributed by atoms with van der Waals surface area (Å²) in [6.45, 7) is 3.52. The fraction of sp³-hybridized carbons (Fsp3) is 0.259. The second-order valence-electron chi connectivity index (χ2n) is 8.95. The number of fused-ring (bicyclic) bond motifs is 1. The zero-order valence-corrected chi connectivity index (χ0v) is 22.6. The van der Waals surface area contributed by atoms with E-state index >= 15 is 0 Å². The van der Waals surface area contributed by atoms with E-state index in [1.807, 2.05) is 35.2 Å². The summed E-state index contributed by atoms with van der Waals surface area (Å²) in [5.74, 6) is -0.621. The number of hydrogen-bond donors (Lipinski definition) is 4. The van der Waals surface area contributed by atoms with Gasteiger partial charge < -0.3 is 21.1 Å². The molecule has 0 unspecified atom stereocenters. The van der Waals surface area contributed by atoms with Crippen LogP contribution in [0.1, 0.15) is 30.9 Å². The minimum absolute atomic E-state index is 0. The molecule has 0 bridgehead atoms. The van der Waals surface area contributed by atoms with Gasteiger partial charge in [0.25, 0.3) is 0 Å². The maximum Gasteiger partial charge on any atom is 0.316 e. The van der Waals surface area contributed by atoms with E-state index < -0.39 is 11.8 Å². The van der Waals surface area contributed by atoms with Crippen LogP contribution in [0.4, 0.5) is 5.69 Å². The predicted molar refractivity (Wildman–Crippen MR) is 155 cm³/mol. The molecule has 38 heavy (non-hydrogen) atoms. The first-order chi connectivity index (χ1) is 17.2. The number of amidine groups is 2. The first-order valence-electron chi connectivity index (χ1n) is 11.8. The SMILES string of the molecule is CC(=N)N1CCC(Oc2ccc(N(Cc3ccc4ccc(C(=N)N)cc4c3)C(=O)C(N)=O)cc2)CC1.Cl.Cl. The molecule has 1 saturated heterocycles. The van der Waals surface area contributed by atoms with Crippen LogP contribution in [0.15, 0.2) is 60.7 Å². The molecule has 1 aliphatic heterocycles. The van der Waals surface area contributed by atoms with Gasteiger partial charge in [-0.1, -0.05) is 24.3 Å². The molecule has 9 nitrogen and oxygen atoms in total. The van der Waals surface area contributed by atoms with E-state index in [0.29, 0.717) is 22.8 Å². The zero-order valence-electron chi connectivity index (χ0n) is 21.0. The second-order valence-corrected chi connectivity index (χ2v) is 8.95. The van der Waals surface area contributed by atoms with E-state index in [1.54, 1.807) is 37.3 Å². The number of carbonyl (C=O) groups is 2. The van der Waals surface area contributed by atoms with Gasteiger partial charge in [-0.2, -0.15) is 0 Å². The highest BCUT2D eigenvalue weighted by atomic mass is 35.5. The topological polar surface area (TPSA) is 150 Å². The normalized spacial score (nSPS) is 13.1. The average molecular weight is 559 g/mol. The largest absolute Gasteiger partial charge is 0.490 e. The minimum Gasteiger partial charge on any atom is -0.490 e. The molecule has 0 saturated carbocycles. The molecule has 3 aromatic carbocycles. The predicted octanol–water partition coefficient (Wildman–Crippen LogP) is 3.83. The third-order valence-electron chi connectivity index (χ3n) is 6.38. The minimum atomic E-state index is -1.04. The van der Waals surface area contributed by atoms with Crippen molar-refractivity contribution >= 4 is 64.8 Å². The van der Waals surface area contributed by atoms with Crippen LogP contribution in [-0.4, -0.2) is 47.6 Å². The summed E-state index contributed by atoms with van der Waals surface area (Å²) in [7, 11) is 0. The number of nitrogen functional groups attached to an aromatic ring is 1. The lowest BCUT2D eigenvalue weighted by molar-refractivity contribution is -0.135. The van der Waals surface area contributed by atoms with Crippen molar-refractivity contribution in [1.29, 1.82) is 10.8 Å². The molecule has 1 aliphatic rings. The van der Waals surface area contributed by atoms with Crippen molar-refractivity contribution in [2.45, 2.75) is 32.4 Å². The number of carbonyl (C=O) groups excluding carboxylic acids is 2. The summed E-state index contributed by atoms with van der Waals surface area (Å²) in [5.41, 5.74) is 12.9. The fourth-order valence-corrected chi connectivity index (χ4v) is 4.36. The first-order valence-corrected chi connectivity index (χ1v) is 11.8. The molecule has 3 aromatic rings. The van der Waals surface area contributed by atoms with Gasteiger partial charge in [-0.15, -0.1) is 24.8 Å². The third-order valence-corrected chi connectivity index (χ3v) is 6.38. The lowest BCUT2D eigenvalue weighted by atomic mass is 10.0. The van der Waals surface area contributed by atoms with Gasteiger partial charge in [0.2, 0.25) is 0 Å². The number of nitrogens with one attached hydrogen (secondary N) is 2. The molecule has 0 aromatic heterocycles. The van der Waals surface area contributed by atoms with Gasteiger partial charge in [-0.3, -0.25) is 25.3 Å². The number of halogens is 2. The average Bonchev–Trinajstić information content (AvgIpc) is 2.87. The quantitative estimate of drug-likeness (QED) is 0.206. The van der Waals surface area contributed by atoms with Gasteiger partial charge in [0, 0.05) is 37.2 Å². The highest BCUT2D eigenvalue weighted by Gasteiger charge is 2.23. The monoisotopic (exact) mass is 558 g/mol. The van der Waals surface area contributed by atoms with Gasteiger partial charge in [0.05, 0.1) is 12.4 Å². The van der Waals surface area contributed by atoms with Crippen LogP contribution in [0.5, 0.6) is 5.75 Å². The summed E-state index contributed by atoms with van der Waals surface area (Å²) in [6.07, 6.45) is 1.72. The van der Waals surface area contributed by atoms with Gasteiger partial charge in [-0.05, 0) is 59.7 Å². The summed E-state index contributed by atoms with van der Waals surface area (Å²) >= 11 is 0. The van der Waals surface area contributed by atoms with E-state index in [2.05, 4.69) is 0 Å². The molecule has 0 spiro atoms. The van der Waals surface area contributed by atoms with Gasteiger partial charge in [0.15, 0.2) is 0 Å². The standard InChI is InChI=1S/C27H30N6O3.2ClH/c1-17(28)32-12-10-24(11-13-32)36-23-8-6-22(7-9-23)33(27(35)26(31)34)16-18-2-3-19-4-5-20(25(29)30)15-21(19)14-18;;/h2-9,14-15,24,28H,10-13,16H2,1H3,(H3,29,30)(H2,31,34);2*1H. The van der Waals surface area contributed by atoms with E-state index in [-0.39, 0.29) is 43.3 Å². The summed E-state index contributed by atoms with van der Waals surface area (Å²) in [4.78, 5) is 27.9. The number of benzene rings is 3. The molecule has 6 N–H and O–H groups in total. The zero-order chi connectivity index (χ0) is 25.8. The number of amides is 2. The highest BCUT2D eigenvalue weighted by molar-refractivity contribution is 6.39. The van der Waals surface area contributed by atoms with Crippen LogP contribution in [0.25, 0.3) is 10.8 Å². The number of likely N-dealkylation sites (tertiary alicyclic amines) is 1. The first kappa shape index (κ1) is 30.4. The number of primary amides is 1. The Bertz CT molecular complexity index is 1320. The Hall–Kier alpha value is -3.82. The Morgan fingerprint density at radius 3 is 2.16 bits per heavy atom. The van der Waals surface area contributed by atoms with Crippen molar-refractivity contribution < 1.29 is 14.3 Å². The number of piperidine rings is 1. The Morgan fingerprint density at radius 2 is 1.58 bits per heavy atom. The van der Waals surface area contributed by atoms with Crippen molar-refractivity contribution in [3.63, 3.8) is 0 Å². The van der Waals surface area contributed by atoms with Crippen LogP contribution in [0.2, 0.25) is 0 Å². The van der Waals surface area contributed by atoms with Crippen LogP contribution in [-0.2, 0) is 16.1 Å². The van der Waals surface area contributed by atoms with Crippen molar-refractivity contribution in [2.24, 2.45) is 11.5 Å². The molecule has 1 fully saturated rings. The van der Waals surface area contributed by atoms with Crippen molar-refractivity contribution in [1.82, 2.24) is 4.90 Å². The Balaban J connectivity index is 0.00000253. The van der Waals surface area contributed by atoms with E-state index in [9.17, 15) is 9.59 Å². The maximum atomic E-state index is 12.7. The molecule has 2 amide bonds. The maximum absolute atomic E-state index is 12.7. The van der Waals surface area contributed by atoms with Crippen LogP contribution < -0.4 is 21.1 Å². The van der Waals surface area contributed by atoms with E-state index in [1.165, 1.54) is 4.90 Å². The number of hydrogen-bond acceptors (Lipinski definition) is 5. The molecule has 0 aliphatic carbocycles. The molecule has 1 heterocycles. The van der Waals surface area contributed by atoms with Gasteiger partial charge in [0.1, 0.15) is 17.7 Å². The summed E-state index contributed by atoms with van der Waals surface area (Å²) in [6, 6.07) is 18.2. The lowest BCUT2D eigenvalue weighted by Crippen LogP contribution is -2.40. The smallest absolute Gasteiger partial charge is 0.316 e. The molecular weight excluding hydrogens is 527 g/mol. The van der Waals surface area contributed by atoms with Crippen LogP contribution in [0.3, 0.4) is 0 Å². The molecule has 0 atom stereocenters. The molecular formula is C27H32Cl2N6O3. The van der Waals surface area contributed by atoms with Gasteiger partial charge in [-0.25, -0.2) is 0 Å². The van der Waals surface area contributed by atoms with E-state index in [4.69, 9.17) is 27.0 Å². The number of rotatable bonds is 6. The fourth-order valence-electron chi connectivity index (χ4n) is 4.36. The van der Waals surface area contributed by atoms with E-state index in [0.717, 1.165) is 42.3 Å². The molecule has 4 rings (SSSR count). The second kappa shape index (κ2) is 13.1. The number of nitrogens with two attached hydrogens (primary N) is 2. The number of anilines is 1.